The fourth-order valence-electron chi connectivity index (χ4n) is 3.63. The van der Waals surface area contributed by atoms with Crippen LogP contribution >= 0.6 is 0 Å². The third-order valence-corrected chi connectivity index (χ3v) is 5.32. The van der Waals surface area contributed by atoms with Crippen molar-refractivity contribution in [1.82, 2.24) is 0 Å². The van der Waals surface area contributed by atoms with E-state index in [2.05, 4.69) is 34.6 Å². The molecule has 0 amide bonds. The Hall–Kier alpha value is -0.590. The molecule has 96 valence electrons. The number of fused-ring (bicyclic) bond motifs is 1. The highest BCUT2D eigenvalue weighted by atomic mass is 16.1. The quantitative estimate of drug-likeness (QED) is 0.608. The topological polar surface area (TPSA) is 17.1 Å². The summed E-state index contributed by atoms with van der Waals surface area (Å²) in [6, 6.07) is 0. The van der Waals surface area contributed by atoms with Crippen LogP contribution < -0.4 is 0 Å². The molecule has 1 heteroatoms. The summed E-state index contributed by atoms with van der Waals surface area (Å²) >= 11 is 0. The van der Waals surface area contributed by atoms with Gasteiger partial charge in [0.1, 0.15) is 0 Å². The average Bonchev–Trinajstić information content (AvgIpc) is 2.18. The van der Waals surface area contributed by atoms with Crippen molar-refractivity contribution in [3.05, 3.63) is 11.6 Å². The van der Waals surface area contributed by atoms with E-state index in [1.807, 2.05) is 6.08 Å². The number of rotatable bonds is 0. The molecule has 0 aliphatic heterocycles. The Morgan fingerprint density at radius 2 is 2.00 bits per heavy atom. The summed E-state index contributed by atoms with van der Waals surface area (Å²) < 4.78 is 0. The molecular weight excluding hydrogens is 208 g/mol. The maximum Gasteiger partial charge on any atom is 0.155 e. The van der Waals surface area contributed by atoms with E-state index in [0.717, 1.165) is 18.8 Å². The van der Waals surface area contributed by atoms with Crippen molar-refractivity contribution < 1.29 is 4.79 Å². The lowest BCUT2D eigenvalue weighted by molar-refractivity contribution is -0.117. The first-order valence-corrected chi connectivity index (χ1v) is 6.97. The Bertz CT molecular complexity index is 358. The summed E-state index contributed by atoms with van der Waals surface area (Å²) in [4.78, 5) is 11.7. The van der Waals surface area contributed by atoms with Crippen molar-refractivity contribution >= 4 is 5.78 Å². The number of carbonyl (C=O) groups excluding carboxylic acids is 1. The van der Waals surface area contributed by atoms with Crippen LogP contribution in [-0.4, -0.2) is 5.78 Å². The number of ketones is 1. The van der Waals surface area contributed by atoms with Gasteiger partial charge in [0, 0.05) is 6.42 Å². The van der Waals surface area contributed by atoms with E-state index in [9.17, 15) is 4.79 Å². The Morgan fingerprint density at radius 1 is 1.35 bits per heavy atom. The fraction of sp³-hybridized carbons (Fsp3) is 0.812. The maximum absolute atomic E-state index is 11.7. The summed E-state index contributed by atoms with van der Waals surface area (Å²) in [5.74, 6) is 1.65. The molecule has 17 heavy (non-hydrogen) atoms. The standard InChI is InChI=1S/C16H26O/c1-11-8-14(17)9-12-6-7-13(15(2,3)4)10-16(11,12)5/h9,11,13H,6-8,10H2,1-5H3. The smallest absolute Gasteiger partial charge is 0.155 e. The first-order valence-electron chi connectivity index (χ1n) is 6.97. The molecule has 0 radical (unpaired) electrons. The number of allylic oxidation sites excluding steroid dienone is 2. The molecule has 1 fully saturated rings. The van der Waals surface area contributed by atoms with E-state index < -0.39 is 0 Å². The summed E-state index contributed by atoms with van der Waals surface area (Å²) in [6.07, 6.45) is 6.35. The normalized spacial score (nSPS) is 38.6. The van der Waals surface area contributed by atoms with E-state index >= 15 is 0 Å². The number of hydrogen-bond acceptors (Lipinski definition) is 1. The number of carbonyl (C=O) groups is 1. The minimum atomic E-state index is 0.282. The van der Waals surface area contributed by atoms with Crippen LogP contribution in [0, 0.1) is 22.7 Å². The molecule has 3 unspecified atom stereocenters. The van der Waals surface area contributed by atoms with Crippen LogP contribution in [0.25, 0.3) is 0 Å². The van der Waals surface area contributed by atoms with Crippen LogP contribution in [0.15, 0.2) is 11.6 Å². The molecule has 0 saturated heterocycles. The third-order valence-electron chi connectivity index (χ3n) is 5.32. The van der Waals surface area contributed by atoms with Crippen LogP contribution in [0.5, 0.6) is 0 Å². The third kappa shape index (κ3) is 2.21. The van der Waals surface area contributed by atoms with Crippen molar-refractivity contribution in [2.45, 2.75) is 60.3 Å². The van der Waals surface area contributed by atoms with Gasteiger partial charge in [0.2, 0.25) is 0 Å². The van der Waals surface area contributed by atoms with E-state index in [4.69, 9.17) is 0 Å². The molecule has 2 rings (SSSR count). The van der Waals surface area contributed by atoms with Gasteiger partial charge >= 0.3 is 0 Å². The second-order valence-electron chi connectivity index (χ2n) is 7.46. The molecule has 0 heterocycles. The van der Waals surface area contributed by atoms with Crippen molar-refractivity contribution in [3.8, 4) is 0 Å². The van der Waals surface area contributed by atoms with E-state index in [-0.39, 0.29) is 5.41 Å². The minimum absolute atomic E-state index is 0.282. The first kappa shape index (κ1) is 12.9. The van der Waals surface area contributed by atoms with Crippen molar-refractivity contribution in [1.29, 1.82) is 0 Å². The van der Waals surface area contributed by atoms with Gasteiger partial charge in [-0.15, -0.1) is 0 Å². The Morgan fingerprint density at radius 3 is 2.59 bits per heavy atom. The van der Waals surface area contributed by atoms with Crippen molar-refractivity contribution in [2.24, 2.45) is 22.7 Å². The zero-order chi connectivity index (χ0) is 12.8. The molecule has 0 aromatic heterocycles. The van der Waals surface area contributed by atoms with Crippen LogP contribution in [0.4, 0.5) is 0 Å². The predicted molar refractivity (Wildman–Crippen MR) is 71.8 cm³/mol. The van der Waals surface area contributed by atoms with Gasteiger partial charge in [0.05, 0.1) is 0 Å². The molecule has 2 aliphatic carbocycles. The van der Waals surface area contributed by atoms with Gasteiger partial charge < -0.3 is 0 Å². The van der Waals surface area contributed by atoms with E-state index in [0.29, 0.717) is 17.1 Å². The highest BCUT2D eigenvalue weighted by Gasteiger charge is 2.45. The van der Waals surface area contributed by atoms with Gasteiger partial charge in [0.25, 0.3) is 0 Å². The lowest BCUT2D eigenvalue weighted by atomic mass is 9.55. The summed E-state index contributed by atoms with van der Waals surface area (Å²) in [5.41, 5.74) is 2.11. The largest absolute Gasteiger partial charge is 0.295 e. The highest BCUT2D eigenvalue weighted by molar-refractivity contribution is 5.92. The summed E-state index contributed by atoms with van der Waals surface area (Å²) in [5, 5.41) is 0. The molecule has 3 atom stereocenters. The minimum Gasteiger partial charge on any atom is -0.295 e. The Balaban J connectivity index is 2.28. The molecule has 2 aliphatic rings. The van der Waals surface area contributed by atoms with Gasteiger partial charge in [-0.1, -0.05) is 40.2 Å². The summed E-state index contributed by atoms with van der Waals surface area (Å²) in [7, 11) is 0. The van der Waals surface area contributed by atoms with Crippen LogP contribution in [-0.2, 0) is 4.79 Å². The fourth-order valence-corrected chi connectivity index (χ4v) is 3.63. The molecule has 0 aromatic carbocycles. The number of hydrogen-bond donors (Lipinski definition) is 0. The molecule has 0 aromatic rings. The second kappa shape index (κ2) is 3.96. The van der Waals surface area contributed by atoms with Crippen molar-refractivity contribution in [2.75, 3.05) is 0 Å². The van der Waals surface area contributed by atoms with Gasteiger partial charge in [0.15, 0.2) is 5.78 Å². The summed E-state index contributed by atoms with van der Waals surface area (Å²) in [6.45, 7) is 11.7. The monoisotopic (exact) mass is 234 g/mol. The first-order chi connectivity index (χ1) is 7.73. The van der Waals surface area contributed by atoms with Crippen LogP contribution in [0.3, 0.4) is 0 Å². The maximum atomic E-state index is 11.7. The lowest BCUT2D eigenvalue weighted by Gasteiger charge is -2.49. The lowest BCUT2D eigenvalue weighted by Crippen LogP contribution is -2.41. The zero-order valence-corrected chi connectivity index (χ0v) is 12.0. The van der Waals surface area contributed by atoms with Crippen molar-refractivity contribution in [3.63, 3.8) is 0 Å². The molecule has 1 saturated carbocycles. The Kier molecular flexibility index (Phi) is 3.00. The van der Waals surface area contributed by atoms with Gasteiger partial charge in [-0.2, -0.15) is 0 Å². The van der Waals surface area contributed by atoms with Gasteiger partial charge in [-0.3, -0.25) is 4.79 Å². The SMILES string of the molecule is CC1CC(=O)C=C2CCC(C(C)(C)C)CC21C. The van der Waals surface area contributed by atoms with E-state index in [1.165, 1.54) is 18.4 Å². The van der Waals surface area contributed by atoms with E-state index in [1.54, 1.807) is 0 Å². The zero-order valence-electron chi connectivity index (χ0n) is 12.0. The van der Waals surface area contributed by atoms with Gasteiger partial charge in [-0.05, 0) is 48.0 Å². The van der Waals surface area contributed by atoms with Crippen LogP contribution in [0.2, 0.25) is 0 Å². The highest BCUT2D eigenvalue weighted by Crippen LogP contribution is 2.54. The molecule has 0 bridgehead atoms. The average molecular weight is 234 g/mol. The molecule has 0 spiro atoms. The predicted octanol–water partition coefficient (Wildman–Crippen LogP) is 4.37. The van der Waals surface area contributed by atoms with Crippen LogP contribution in [0.1, 0.15) is 60.3 Å². The second-order valence-corrected chi connectivity index (χ2v) is 7.46. The molecule has 1 nitrogen and oxygen atoms in total. The molecular formula is C16H26O. The van der Waals surface area contributed by atoms with Gasteiger partial charge in [-0.25, -0.2) is 0 Å². The molecule has 0 N–H and O–H groups in total. The Labute approximate surface area is 106 Å².